The van der Waals surface area contributed by atoms with Crippen molar-refractivity contribution >= 4 is 30.4 Å². The van der Waals surface area contributed by atoms with Crippen LogP contribution in [-0.2, 0) is 9.53 Å². The predicted molar refractivity (Wildman–Crippen MR) is 72.7 cm³/mol. The molecular formula is C12H20O3S2. The molecule has 0 amide bonds. The summed E-state index contributed by atoms with van der Waals surface area (Å²) in [5.41, 5.74) is 0. The molecular weight excluding hydrogens is 256 g/mol. The van der Waals surface area contributed by atoms with Gasteiger partial charge < -0.3 is 9.84 Å². The summed E-state index contributed by atoms with van der Waals surface area (Å²) >= 11 is 6.28. The van der Waals surface area contributed by atoms with E-state index in [2.05, 4.69) is 19.6 Å². The van der Waals surface area contributed by atoms with Crippen LogP contribution in [-0.4, -0.2) is 33.1 Å². The number of carboxylic acids is 1. The maximum atomic E-state index is 10.7. The van der Waals surface area contributed by atoms with Crippen molar-refractivity contribution < 1.29 is 14.6 Å². The van der Waals surface area contributed by atoms with E-state index in [9.17, 15) is 4.79 Å². The third kappa shape index (κ3) is 2.93. The lowest BCUT2D eigenvalue weighted by Crippen LogP contribution is -2.24. The van der Waals surface area contributed by atoms with E-state index in [1.165, 1.54) is 0 Å². The van der Waals surface area contributed by atoms with Gasteiger partial charge in [0, 0.05) is 17.4 Å². The Morgan fingerprint density at radius 1 is 1.65 bits per heavy atom. The average Bonchev–Trinajstić information content (AvgIpc) is 2.82. The van der Waals surface area contributed by atoms with Gasteiger partial charge in [-0.15, -0.1) is 11.8 Å². The van der Waals surface area contributed by atoms with Crippen molar-refractivity contribution in [1.82, 2.24) is 0 Å². The van der Waals surface area contributed by atoms with Crippen LogP contribution in [0, 0.1) is 5.92 Å². The highest BCUT2D eigenvalue weighted by atomic mass is 32.2. The molecule has 5 heteroatoms. The molecule has 1 saturated heterocycles. The van der Waals surface area contributed by atoms with Crippen molar-refractivity contribution in [3.63, 3.8) is 0 Å². The van der Waals surface area contributed by atoms with Gasteiger partial charge in [0.1, 0.15) is 4.93 Å². The molecule has 1 saturated carbocycles. The number of hydrogen-bond donors (Lipinski definition) is 2. The summed E-state index contributed by atoms with van der Waals surface area (Å²) in [7, 11) is 0. The zero-order chi connectivity index (χ0) is 12.5. The highest BCUT2D eigenvalue weighted by Crippen LogP contribution is 2.54. The van der Waals surface area contributed by atoms with E-state index < -0.39 is 5.97 Å². The molecule has 0 aromatic heterocycles. The van der Waals surface area contributed by atoms with Gasteiger partial charge in [-0.1, -0.05) is 6.92 Å². The molecule has 3 nitrogen and oxygen atoms in total. The van der Waals surface area contributed by atoms with Crippen molar-refractivity contribution in [2.75, 3.05) is 5.75 Å². The van der Waals surface area contributed by atoms with Crippen LogP contribution in [0.3, 0.4) is 0 Å². The Morgan fingerprint density at radius 3 is 2.94 bits per heavy atom. The quantitative estimate of drug-likeness (QED) is 0.775. The molecule has 1 aliphatic carbocycles. The van der Waals surface area contributed by atoms with Gasteiger partial charge in [0.2, 0.25) is 0 Å². The first-order valence-electron chi connectivity index (χ1n) is 6.27. The van der Waals surface area contributed by atoms with E-state index in [4.69, 9.17) is 9.84 Å². The van der Waals surface area contributed by atoms with Gasteiger partial charge in [-0.3, -0.25) is 4.79 Å². The van der Waals surface area contributed by atoms with E-state index in [0.29, 0.717) is 11.4 Å². The molecule has 98 valence electrons. The molecule has 0 aromatic rings. The van der Waals surface area contributed by atoms with Crippen LogP contribution in [0.15, 0.2) is 0 Å². The summed E-state index contributed by atoms with van der Waals surface area (Å²) in [6.45, 7) is 2.14. The standard InChI is InChI=1S/C12H20O3S2/c1-2-9-10(7-16)17-12(15-9)4-3-8(6-12)5-11(13)14/h8-10,16H,2-7H2,1H3,(H,13,14). The summed E-state index contributed by atoms with van der Waals surface area (Å²) in [5, 5.41) is 9.31. The second-order valence-corrected chi connectivity index (χ2v) is 6.97. The molecule has 4 unspecified atom stereocenters. The zero-order valence-electron chi connectivity index (χ0n) is 10.1. The van der Waals surface area contributed by atoms with Crippen molar-refractivity contribution in [3.05, 3.63) is 0 Å². The SMILES string of the molecule is CCC1OC2(CCC(CC(=O)O)C2)SC1CS. The minimum Gasteiger partial charge on any atom is -0.481 e. The Kier molecular flexibility index (Phi) is 4.31. The van der Waals surface area contributed by atoms with Crippen LogP contribution in [0.2, 0.25) is 0 Å². The molecule has 2 rings (SSSR count). The lowest BCUT2D eigenvalue weighted by molar-refractivity contribution is -0.138. The van der Waals surface area contributed by atoms with Gasteiger partial charge >= 0.3 is 5.97 Å². The Labute approximate surface area is 112 Å². The molecule has 1 N–H and O–H groups in total. The molecule has 0 aromatic carbocycles. The highest BCUT2D eigenvalue weighted by Gasteiger charge is 2.50. The Morgan fingerprint density at radius 2 is 2.41 bits per heavy atom. The van der Waals surface area contributed by atoms with E-state index >= 15 is 0 Å². The van der Waals surface area contributed by atoms with Crippen LogP contribution < -0.4 is 0 Å². The minimum atomic E-state index is -0.687. The summed E-state index contributed by atoms with van der Waals surface area (Å²) in [6, 6.07) is 0. The van der Waals surface area contributed by atoms with Gasteiger partial charge in [-0.25, -0.2) is 0 Å². The monoisotopic (exact) mass is 276 g/mol. The summed E-state index contributed by atoms with van der Waals surface area (Å²) < 4.78 is 6.20. The van der Waals surface area contributed by atoms with Crippen molar-refractivity contribution in [1.29, 1.82) is 0 Å². The smallest absolute Gasteiger partial charge is 0.303 e. The van der Waals surface area contributed by atoms with Gasteiger partial charge in [0.25, 0.3) is 0 Å². The number of ether oxygens (including phenoxy) is 1. The average molecular weight is 276 g/mol. The van der Waals surface area contributed by atoms with Crippen molar-refractivity contribution in [2.24, 2.45) is 5.92 Å². The van der Waals surface area contributed by atoms with E-state index in [0.717, 1.165) is 31.4 Å². The lowest BCUT2D eigenvalue weighted by Gasteiger charge is -2.22. The van der Waals surface area contributed by atoms with E-state index in [1.54, 1.807) is 0 Å². The molecule has 1 aliphatic heterocycles. The molecule has 2 fully saturated rings. The Hall–Kier alpha value is 0.130. The summed E-state index contributed by atoms with van der Waals surface area (Å²) in [6.07, 6.45) is 4.47. The van der Waals surface area contributed by atoms with Crippen molar-refractivity contribution in [3.8, 4) is 0 Å². The second kappa shape index (κ2) is 5.41. The number of rotatable bonds is 4. The Balaban J connectivity index is 1.96. The molecule has 1 spiro atoms. The molecule has 17 heavy (non-hydrogen) atoms. The fourth-order valence-electron chi connectivity index (χ4n) is 2.94. The first kappa shape index (κ1) is 13.6. The predicted octanol–water partition coefficient (Wildman–Crippen LogP) is 2.80. The van der Waals surface area contributed by atoms with Crippen LogP contribution in [0.25, 0.3) is 0 Å². The highest BCUT2D eigenvalue weighted by molar-refractivity contribution is 8.02. The normalized spacial score (nSPS) is 41.2. The molecule has 0 bridgehead atoms. The maximum absolute atomic E-state index is 10.7. The fourth-order valence-corrected chi connectivity index (χ4v) is 5.17. The number of aliphatic carboxylic acids is 1. The third-order valence-electron chi connectivity index (χ3n) is 3.73. The summed E-state index contributed by atoms with van der Waals surface area (Å²) in [5.74, 6) is 0.443. The van der Waals surface area contributed by atoms with E-state index in [1.807, 2.05) is 11.8 Å². The second-order valence-electron chi connectivity index (χ2n) is 5.02. The molecule has 0 radical (unpaired) electrons. The largest absolute Gasteiger partial charge is 0.481 e. The van der Waals surface area contributed by atoms with Gasteiger partial charge in [0.15, 0.2) is 0 Å². The van der Waals surface area contributed by atoms with Crippen LogP contribution >= 0.6 is 24.4 Å². The van der Waals surface area contributed by atoms with Crippen LogP contribution in [0.5, 0.6) is 0 Å². The Bertz CT molecular complexity index is 283. The first-order valence-corrected chi connectivity index (χ1v) is 7.78. The van der Waals surface area contributed by atoms with Crippen LogP contribution in [0.1, 0.15) is 39.0 Å². The van der Waals surface area contributed by atoms with Crippen molar-refractivity contribution in [2.45, 2.75) is 55.3 Å². The van der Waals surface area contributed by atoms with Gasteiger partial charge in [-0.05, 0) is 31.6 Å². The van der Waals surface area contributed by atoms with Gasteiger partial charge in [-0.2, -0.15) is 12.6 Å². The number of thiol groups is 1. The minimum absolute atomic E-state index is 0.103. The van der Waals surface area contributed by atoms with E-state index in [-0.39, 0.29) is 17.3 Å². The lowest BCUT2D eigenvalue weighted by atomic mass is 10.0. The molecule has 2 aliphatic rings. The molecule has 1 heterocycles. The third-order valence-corrected chi connectivity index (χ3v) is 6.04. The topological polar surface area (TPSA) is 46.5 Å². The fraction of sp³-hybridized carbons (Fsp3) is 0.917. The maximum Gasteiger partial charge on any atom is 0.303 e. The summed E-state index contributed by atoms with van der Waals surface area (Å²) in [4.78, 5) is 10.6. The number of hydrogen-bond acceptors (Lipinski definition) is 4. The first-order chi connectivity index (χ1) is 8.08. The number of carbonyl (C=O) groups is 1. The van der Waals surface area contributed by atoms with Gasteiger partial charge in [0.05, 0.1) is 6.10 Å². The molecule has 4 atom stereocenters. The van der Waals surface area contributed by atoms with Crippen LogP contribution in [0.4, 0.5) is 0 Å². The number of carboxylic acid groups (broad SMARTS) is 1. The zero-order valence-corrected chi connectivity index (χ0v) is 11.8. The number of thioether (sulfide) groups is 1.